The molecule has 0 saturated heterocycles. The average molecular weight is 371 g/mol. The van der Waals surface area contributed by atoms with E-state index in [-0.39, 0.29) is 9.92 Å². The molecule has 0 unspecified atom stereocenters. The Morgan fingerprint density at radius 2 is 1.90 bits per heavy atom. The molecule has 0 saturated carbocycles. The highest BCUT2D eigenvalue weighted by molar-refractivity contribution is 7.98. The highest BCUT2D eigenvalue weighted by Crippen LogP contribution is 2.28. The number of unbranched alkanes of at least 4 members (excludes halogenated alkanes) is 1. The number of halogens is 2. The van der Waals surface area contributed by atoms with Crippen LogP contribution < -0.4 is 10.0 Å². The average Bonchev–Trinajstić information content (AvgIpc) is 2.41. The fourth-order valence-electron chi connectivity index (χ4n) is 1.76. The van der Waals surface area contributed by atoms with Gasteiger partial charge < -0.3 is 5.32 Å². The summed E-state index contributed by atoms with van der Waals surface area (Å²) in [6, 6.07) is 2.99. The maximum absolute atomic E-state index is 12.3. The number of rotatable bonds is 9. The number of thioether (sulfide) groups is 1. The summed E-state index contributed by atoms with van der Waals surface area (Å²) < 4.78 is 27.2. The van der Waals surface area contributed by atoms with Crippen molar-refractivity contribution < 1.29 is 8.42 Å². The van der Waals surface area contributed by atoms with Crippen molar-refractivity contribution in [3.63, 3.8) is 0 Å². The summed E-state index contributed by atoms with van der Waals surface area (Å²) in [7, 11) is -1.84. The van der Waals surface area contributed by atoms with E-state index in [1.165, 1.54) is 12.1 Å². The van der Waals surface area contributed by atoms with Crippen LogP contribution in [0.25, 0.3) is 0 Å². The Hall–Kier alpha value is 0.0200. The Morgan fingerprint density at radius 3 is 2.52 bits per heavy atom. The SMILES string of the molecule is CNCc1cc(S(=O)(=O)NCCCCSC)c(Cl)cc1Cl. The monoisotopic (exact) mass is 370 g/mol. The van der Waals surface area contributed by atoms with E-state index < -0.39 is 10.0 Å². The lowest BCUT2D eigenvalue weighted by Gasteiger charge is -2.11. The molecule has 21 heavy (non-hydrogen) atoms. The number of sulfonamides is 1. The van der Waals surface area contributed by atoms with Gasteiger partial charge in [0.05, 0.1) is 5.02 Å². The van der Waals surface area contributed by atoms with Gasteiger partial charge in [0.25, 0.3) is 0 Å². The summed E-state index contributed by atoms with van der Waals surface area (Å²) in [5.74, 6) is 1.02. The predicted molar refractivity (Wildman–Crippen MR) is 92.0 cm³/mol. The molecule has 0 aliphatic heterocycles. The van der Waals surface area contributed by atoms with E-state index in [0.717, 1.165) is 18.6 Å². The van der Waals surface area contributed by atoms with E-state index in [2.05, 4.69) is 10.0 Å². The molecule has 0 aliphatic carbocycles. The first kappa shape index (κ1) is 19.1. The molecule has 0 spiro atoms. The minimum atomic E-state index is -3.61. The second kappa shape index (κ2) is 9.22. The van der Waals surface area contributed by atoms with Crippen LogP contribution in [0.2, 0.25) is 10.0 Å². The van der Waals surface area contributed by atoms with Crippen LogP contribution in [0.5, 0.6) is 0 Å². The third-order valence-electron chi connectivity index (χ3n) is 2.82. The highest BCUT2D eigenvalue weighted by Gasteiger charge is 2.19. The molecule has 8 heteroatoms. The topological polar surface area (TPSA) is 58.2 Å². The molecule has 120 valence electrons. The minimum absolute atomic E-state index is 0.0729. The number of nitrogens with one attached hydrogen (secondary N) is 2. The van der Waals surface area contributed by atoms with Crippen LogP contribution in [-0.2, 0) is 16.6 Å². The minimum Gasteiger partial charge on any atom is -0.316 e. The summed E-state index contributed by atoms with van der Waals surface area (Å²) in [5.41, 5.74) is 0.700. The molecule has 1 rings (SSSR count). The van der Waals surface area contributed by atoms with Crippen molar-refractivity contribution in [3.8, 4) is 0 Å². The standard InChI is InChI=1S/C13H20Cl2N2O2S2/c1-16-9-10-7-13(12(15)8-11(10)14)21(18,19)17-5-3-4-6-20-2/h7-8,16-17H,3-6,9H2,1-2H3. The molecule has 1 aromatic carbocycles. The first-order chi connectivity index (χ1) is 9.92. The van der Waals surface area contributed by atoms with Gasteiger partial charge in [0.15, 0.2) is 0 Å². The van der Waals surface area contributed by atoms with Gasteiger partial charge in [0.1, 0.15) is 4.90 Å². The summed E-state index contributed by atoms with van der Waals surface area (Å²) in [6.07, 6.45) is 3.80. The second-order valence-corrected chi connectivity index (χ2v) is 8.04. The lowest BCUT2D eigenvalue weighted by Crippen LogP contribution is -2.25. The first-order valence-electron chi connectivity index (χ1n) is 6.53. The predicted octanol–water partition coefficient (Wildman–Crippen LogP) is 3.13. The fraction of sp³-hybridized carbons (Fsp3) is 0.538. The summed E-state index contributed by atoms with van der Waals surface area (Å²) in [6.45, 7) is 0.884. The van der Waals surface area contributed by atoms with E-state index >= 15 is 0 Å². The molecule has 0 heterocycles. The summed E-state index contributed by atoms with van der Waals surface area (Å²) >= 11 is 13.8. The number of hydrogen-bond acceptors (Lipinski definition) is 4. The third-order valence-corrected chi connectivity index (χ3v) is 5.80. The molecule has 4 nitrogen and oxygen atoms in total. The lowest BCUT2D eigenvalue weighted by molar-refractivity contribution is 0.578. The normalized spacial score (nSPS) is 11.8. The Bertz CT molecular complexity index is 566. The number of benzene rings is 1. The Morgan fingerprint density at radius 1 is 1.19 bits per heavy atom. The van der Waals surface area contributed by atoms with Crippen LogP contribution in [0.3, 0.4) is 0 Å². The maximum atomic E-state index is 12.3. The van der Waals surface area contributed by atoms with Crippen LogP contribution in [-0.4, -0.2) is 34.0 Å². The zero-order valence-electron chi connectivity index (χ0n) is 12.1. The summed E-state index contributed by atoms with van der Waals surface area (Å²) in [5, 5.41) is 3.53. The molecule has 0 radical (unpaired) electrons. The van der Waals surface area contributed by atoms with Crippen LogP contribution in [0.1, 0.15) is 18.4 Å². The Labute approximate surface area is 141 Å². The van der Waals surface area contributed by atoms with Crippen LogP contribution >= 0.6 is 35.0 Å². The van der Waals surface area contributed by atoms with Crippen LogP contribution in [0.15, 0.2) is 17.0 Å². The van der Waals surface area contributed by atoms with Gasteiger partial charge in [-0.3, -0.25) is 0 Å². The van der Waals surface area contributed by atoms with Crippen molar-refractivity contribution in [2.45, 2.75) is 24.3 Å². The van der Waals surface area contributed by atoms with Gasteiger partial charge in [-0.25, -0.2) is 13.1 Å². The summed E-state index contributed by atoms with van der Waals surface area (Å²) in [4.78, 5) is 0.0729. The zero-order chi connectivity index (χ0) is 15.9. The van der Waals surface area contributed by atoms with E-state index in [4.69, 9.17) is 23.2 Å². The molecular formula is C13H20Cl2N2O2S2. The van der Waals surface area contributed by atoms with E-state index in [1.807, 2.05) is 6.26 Å². The van der Waals surface area contributed by atoms with Gasteiger partial charge in [0.2, 0.25) is 10.0 Å². The first-order valence-corrected chi connectivity index (χ1v) is 10.2. The Kier molecular flexibility index (Phi) is 8.38. The largest absolute Gasteiger partial charge is 0.316 e. The molecule has 0 fully saturated rings. The quantitative estimate of drug-likeness (QED) is 0.655. The fourth-order valence-corrected chi connectivity index (χ4v) is 4.19. The van der Waals surface area contributed by atoms with Crippen molar-refractivity contribution >= 4 is 45.0 Å². The van der Waals surface area contributed by atoms with Crippen molar-refractivity contribution in [2.24, 2.45) is 0 Å². The van der Waals surface area contributed by atoms with Crippen LogP contribution in [0, 0.1) is 0 Å². The Balaban J connectivity index is 2.84. The zero-order valence-corrected chi connectivity index (χ0v) is 15.2. The molecule has 0 bridgehead atoms. The van der Waals surface area contributed by atoms with Gasteiger partial charge >= 0.3 is 0 Å². The number of hydrogen-bond donors (Lipinski definition) is 2. The van der Waals surface area contributed by atoms with Gasteiger partial charge in [0, 0.05) is 18.1 Å². The second-order valence-electron chi connectivity index (χ2n) is 4.50. The van der Waals surface area contributed by atoms with Gasteiger partial charge in [-0.15, -0.1) is 0 Å². The molecule has 0 atom stereocenters. The third kappa shape index (κ3) is 5.96. The molecule has 0 amide bonds. The van der Waals surface area contributed by atoms with Crippen molar-refractivity contribution in [2.75, 3.05) is 25.6 Å². The van der Waals surface area contributed by atoms with E-state index in [0.29, 0.717) is 23.7 Å². The smallest absolute Gasteiger partial charge is 0.242 e. The molecule has 2 N–H and O–H groups in total. The van der Waals surface area contributed by atoms with E-state index in [1.54, 1.807) is 18.8 Å². The van der Waals surface area contributed by atoms with Gasteiger partial charge in [-0.1, -0.05) is 23.2 Å². The van der Waals surface area contributed by atoms with Crippen molar-refractivity contribution in [1.82, 2.24) is 10.0 Å². The molecule has 1 aromatic rings. The highest BCUT2D eigenvalue weighted by atomic mass is 35.5. The van der Waals surface area contributed by atoms with Gasteiger partial charge in [-0.2, -0.15) is 11.8 Å². The molecule has 0 aliphatic rings. The van der Waals surface area contributed by atoms with Crippen molar-refractivity contribution in [3.05, 3.63) is 27.7 Å². The van der Waals surface area contributed by atoms with Crippen molar-refractivity contribution in [1.29, 1.82) is 0 Å². The molecular weight excluding hydrogens is 351 g/mol. The molecule has 0 aromatic heterocycles. The van der Waals surface area contributed by atoms with Crippen LogP contribution in [0.4, 0.5) is 0 Å². The lowest BCUT2D eigenvalue weighted by atomic mass is 10.2. The van der Waals surface area contributed by atoms with Gasteiger partial charge in [-0.05, 0) is 49.6 Å². The van der Waals surface area contributed by atoms with E-state index in [9.17, 15) is 8.42 Å². The maximum Gasteiger partial charge on any atom is 0.242 e.